The number of rotatable bonds is 22. The Hall–Kier alpha value is 0.0395. The van der Waals surface area contributed by atoms with E-state index in [0.717, 1.165) is 0 Å². The number of halogens is 4. The van der Waals surface area contributed by atoms with Gasteiger partial charge in [-0.25, -0.2) is 0 Å². The average Bonchev–Trinajstić information content (AvgIpc) is 3.03. The molecule has 0 saturated carbocycles. The van der Waals surface area contributed by atoms with E-state index in [0.29, 0.717) is 0 Å². The van der Waals surface area contributed by atoms with Gasteiger partial charge in [-0.2, -0.15) is 0 Å². The third-order valence-electron chi connectivity index (χ3n) is 8.64. The minimum atomic E-state index is -2.24. The zero-order valence-corrected chi connectivity index (χ0v) is 33.6. The van der Waals surface area contributed by atoms with Gasteiger partial charge in [0.25, 0.3) is 0 Å². The van der Waals surface area contributed by atoms with Crippen LogP contribution in [-0.4, -0.2) is 48.2 Å². The van der Waals surface area contributed by atoms with Crippen LogP contribution in [0.2, 0.25) is 0 Å². The van der Waals surface area contributed by atoms with Crippen molar-refractivity contribution in [1.29, 1.82) is 0 Å². The van der Waals surface area contributed by atoms with E-state index in [-0.39, 0.29) is 0 Å². The van der Waals surface area contributed by atoms with Crippen LogP contribution in [0.3, 0.4) is 0 Å². The summed E-state index contributed by atoms with van der Waals surface area (Å²) >= 11 is 0. The van der Waals surface area contributed by atoms with Crippen LogP contribution in [0.15, 0.2) is 60.7 Å². The molecule has 0 amide bonds. The SMILES string of the molecule is CCCC[N+](CCCC)(CCCC)Cc1ccccc1.CCCC[N+](CCCC)(CCCC)Cc1ccccc1.[Cl][Cu-2]([Cl])([Cl])[Cl]. The molecule has 0 radical (unpaired) electrons. The zero-order valence-electron chi connectivity index (χ0n) is 29.6. The first kappa shape index (κ1) is 45.0. The van der Waals surface area contributed by atoms with Crippen molar-refractivity contribution in [1.82, 2.24) is 0 Å². The van der Waals surface area contributed by atoms with Crippen LogP contribution in [0, 0.1) is 0 Å². The van der Waals surface area contributed by atoms with E-state index in [1.807, 2.05) is 0 Å². The molecule has 0 fully saturated rings. The van der Waals surface area contributed by atoms with Crippen molar-refractivity contribution < 1.29 is 18.2 Å². The normalized spacial score (nSPS) is 12.1. The summed E-state index contributed by atoms with van der Waals surface area (Å²) in [6.45, 7) is 24.5. The van der Waals surface area contributed by atoms with Crippen molar-refractivity contribution in [2.24, 2.45) is 0 Å². The van der Waals surface area contributed by atoms with Gasteiger partial charge in [-0.3, -0.25) is 0 Å². The molecule has 0 aliphatic rings. The molecule has 0 spiro atoms. The van der Waals surface area contributed by atoms with Crippen molar-refractivity contribution in [2.75, 3.05) is 39.3 Å². The molecule has 7 heteroatoms. The van der Waals surface area contributed by atoms with Gasteiger partial charge in [0, 0.05) is 11.1 Å². The van der Waals surface area contributed by atoms with E-state index in [4.69, 9.17) is 40.4 Å². The summed E-state index contributed by atoms with van der Waals surface area (Å²) in [5, 5.41) is 0. The first-order valence-electron chi connectivity index (χ1n) is 17.8. The van der Waals surface area contributed by atoms with Crippen LogP contribution in [0.1, 0.15) is 130 Å². The number of hydrogen-bond donors (Lipinski definition) is 0. The Balaban J connectivity index is 0.000000748. The second kappa shape index (κ2) is 27.9. The second-order valence-corrected chi connectivity index (χ2v) is 22.0. The van der Waals surface area contributed by atoms with Crippen LogP contribution in [0.25, 0.3) is 0 Å². The average molecular weight is 758 g/mol. The van der Waals surface area contributed by atoms with Gasteiger partial charge in [0.2, 0.25) is 0 Å². The molecule has 2 aromatic rings. The van der Waals surface area contributed by atoms with Gasteiger partial charge >= 0.3 is 49.6 Å². The molecule has 0 bridgehead atoms. The van der Waals surface area contributed by atoms with E-state index in [2.05, 4.69) is 102 Å². The predicted molar refractivity (Wildman–Crippen MR) is 203 cm³/mol. The fourth-order valence-corrected chi connectivity index (χ4v) is 6.05. The summed E-state index contributed by atoms with van der Waals surface area (Å²) in [4.78, 5) is 0. The van der Waals surface area contributed by atoms with Crippen LogP contribution >= 0.6 is 40.4 Å². The number of hydrogen-bond acceptors (Lipinski definition) is 0. The molecule has 0 saturated heterocycles. The number of quaternary nitrogens is 2. The van der Waals surface area contributed by atoms with E-state index < -0.39 is 9.20 Å². The third-order valence-corrected chi connectivity index (χ3v) is 8.64. The summed E-state index contributed by atoms with van der Waals surface area (Å²) in [6, 6.07) is 22.2. The van der Waals surface area contributed by atoms with Gasteiger partial charge in [-0.05, 0) is 38.5 Å². The van der Waals surface area contributed by atoms with Crippen molar-refractivity contribution in [3.63, 3.8) is 0 Å². The Labute approximate surface area is 299 Å². The minimum absolute atomic E-state index is 1.22. The summed E-state index contributed by atoms with van der Waals surface area (Å²) in [5.74, 6) is 0. The van der Waals surface area contributed by atoms with Gasteiger partial charge in [0.1, 0.15) is 13.1 Å². The van der Waals surface area contributed by atoms with Gasteiger partial charge < -0.3 is 8.97 Å². The monoisotopic (exact) mass is 755 g/mol. The molecule has 0 atom stereocenters. The van der Waals surface area contributed by atoms with Gasteiger partial charge in [0.15, 0.2) is 0 Å². The molecular formula is C38H68Cl4CuN2. The fourth-order valence-electron chi connectivity index (χ4n) is 6.05. The molecule has 0 unspecified atom stereocenters. The van der Waals surface area contributed by atoms with Crippen LogP contribution in [-0.2, 0) is 22.3 Å². The first-order chi connectivity index (χ1) is 21.5. The van der Waals surface area contributed by atoms with Gasteiger partial charge in [-0.15, -0.1) is 0 Å². The molecule has 2 aromatic carbocycles. The number of benzene rings is 2. The van der Waals surface area contributed by atoms with Crippen molar-refractivity contribution >= 4 is 40.4 Å². The zero-order chi connectivity index (χ0) is 33.9. The van der Waals surface area contributed by atoms with Gasteiger partial charge in [-0.1, -0.05) is 141 Å². The molecule has 0 heterocycles. The number of nitrogens with zero attached hydrogens (tertiary/aromatic N) is 2. The molecule has 0 aliphatic heterocycles. The Morgan fingerprint density at radius 2 is 0.600 bits per heavy atom. The Morgan fingerprint density at radius 1 is 0.400 bits per heavy atom. The molecule has 0 N–H and O–H groups in total. The quantitative estimate of drug-likeness (QED) is 0.0829. The van der Waals surface area contributed by atoms with Crippen LogP contribution in [0.5, 0.6) is 0 Å². The molecule has 2 nitrogen and oxygen atoms in total. The van der Waals surface area contributed by atoms with Gasteiger partial charge in [0.05, 0.1) is 39.3 Å². The predicted octanol–water partition coefficient (Wildman–Crippen LogP) is 13.6. The van der Waals surface area contributed by atoms with E-state index in [1.54, 1.807) is 0 Å². The molecule has 269 valence electrons. The van der Waals surface area contributed by atoms with Crippen LogP contribution < -0.4 is 0 Å². The van der Waals surface area contributed by atoms with Crippen molar-refractivity contribution in [3.05, 3.63) is 71.8 Å². The van der Waals surface area contributed by atoms with Crippen molar-refractivity contribution in [2.45, 2.75) is 132 Å². The molecular weight excluding hydrogens is 690 g/mol. The molecule has 2 rings (SSSR count). The summed E-state index contributed by atoms with van der Waals surface area (Å²) in [5.41, 5.74) is 3.02. The fraction of sp³-hybridized carbons (Fsp3) is 0.684. The Bertz CT molecular complexity index is 790. The summed E-state index contributed by atoms with van der Waals surface area (Å²) in [6.07, 6.45) is 16.0. The maximum absolute atomic E-state index is 4.90. The molecule has 0 aliphatic carbocycles. The number of unbranched alkanes of at least 4 members (excludes halogenated alkanes) is 6. The Morgan fingerprint density at radius 3 is 0.778 bits per heavy atom. The standard InChI is InChI=1S/2C19H34N.4ClH.Cu/c2*1-4-7-15-20(16-8-5-2,17-9-6-3)18-19-13-11-10-12-14-19;;;;;/h2*10-14H,4-9,15-18H2,1-3H3;4*1H;/q2*+1;;;;;+2/p-4. The third kappa shape index (κ3) is 24.8. The molecule has 45 heavy (non-hydrogen) atoms. The van der Waals surface area contributed by atoms with E-state index in [1.165, 1.54) is 150 Å². The topological polar surface area (TPSA) is 0 Å². The molecule has 0 aromatic heterocycles. The summed E-state index contributed by atoms with van der Waals surface area (Å²) in [7, 11) is 17.4. The second-order valence-electron chi connectivity index (χ2n) is 12.7. The summed E-state index contributed by atoms with van der Waals surface area (Å²) < 4.78 is 2.61. The maximum atomic E-state index is 4.90. The van der Waals surface area contributed by atoms with E-state index in [9.17, 15) is 0 Å². The van der Waals surface area contributed by atoms with E-state index >= 15 is 0 Å². The van der Waals surface area contributed by atoms with Crippen LogP contribution in [0.4, 0.5) is 0 Å². The Kier molecular flexibility index (Phi) is 28.0. The first-order valence-corrected chi connectivity index (χ1v) is 22.9. The van der Waals surface area contributed by atoms with Crippen molar-refractivity contribution in [3.8, 4) is 0 Å².